The zero-order chi connectivity index (χ0) is 15.0. The standard InChI is InChI=1S/C15H10FNOS3/c1-9-5-6-20-12(9)8-13-14(18)17(15(19)21-13)11-4-2-3-10(16)7-11/h2-8H,1H3/b13-8+. The molecule has 0 aliphatic carbocycles. The topological polar surface area (TPSA) is 20.3 Å². The molecule has 0 saturated carbocycles. The minimum Gasteiger partial charge on any atom is -0.268 e. The minimum atomic E-state index is -0.389. The van der Waals surface area contributed by atoms with Gasteiger partial charge in [0.15, 0.2) is 4.32 Å². The lowest BCUT2D eigenvalue weighted by molar-refractivity contribution is -0.113. The molecule has 1 amide bonds. The number of rotatable bonds is 2. The molecule has 3 rings (SSSR count). The molecule has 0 bridgehead atoms. The molecule has 1 aromatic carbocycles. The highest BCUT2D eigenvalue weighted by Crippen LogP contribution is 2.37. The molecular weight excluding hydrogens is 325 g/mol. The van der Waals surface area contributed by atoms with Crippen LogP contribution in [0.3, 0.4) is 0 Å². The second-order valence-electron chi connectivity index (χ2n) is 4.46. The van der Waals surface area contributed by atoms with Crippen molar-refractivity contribution in [2.24, 2.45) is 0 Å². The fraction of sp³-hybridized carbons (Fsp3) is 0.0667. The van der Waals surface area contributed by atoms with Crippen molar-refractivity contribution in [1.29, 1.82) is 0 Å². The SMILES string of the molecule is Cc1ccsc1/C=C1/SC(=S)N(c2cccc(F)c2)C1=O. The third kappa shape index (κ3) is 2.79. The normalized spacial score (nSPS) is 17.0. The molecule has 2 nitrogen and oxygen atoms in total. The Kier molecular flexibility index (Phi) is 3.93. The van der Waals surface area contributed by atoms with E-state index < -0.39 is 0 Å². The number of halogens is 1. The van der Waals surface area contributed by atoms with Crippen LogP contribution in [0.1, 0.15) is 10.4 Å². The molecule has 0 radical (unpaired) electrons. The van der Waals surface area contributed by atoms with Crippen molar-refractivity contribution in [3.05, 3.63) is 56.9 Å². The maximum atomic E-state index is 13.3. The third-order valence-corrected chi connectivity index (χ3v) is 5.29. The van der Waals surface area contributed by atoms with Gasteiger partial charge in [0, 0.05) is 4.88 Å². The lowest BCUT2D eigenvalue weighted by Gasteiger charge is -2.14. The van der Waals surface area contributed by atoms with Gasteiger partial charge in [0.1, 0.15) is 5.82 Å². The summed E-state index contributed by atoms with van der Waals surface area (Å²) in [6, 6.07) is 7.89. The van der Waals surface area contributed by atoms with E-state index in [9.17, 15) is 9.18 Å². The van der Waals surface area contributed by atoms with Gasteiger partial charge in [-0.1, -0.05) is 30.0 Å². The molecule has 1 aromatic heterocycles. The average molecular weight is 335 g/mol. The van der Waals surface area contributed by atoms with Crippen molar-refractivity contribution >= 4 is 57.3 Å². The van der Waals surface area contributed by atoms with Gasteiger partial charge in [-0.15, -0.1) is 11.3 Å². The number of carbonyl (C=O) groups is 1. The lowest BCUT2D eigenvalue weighted by atomic mass is 10.2. The van der Waals surface area contributed by atoms with Gasteiger partial charge in [0.25, 0.3) is 5.91 Å². The number of nitrogens with zero attached hydrogens (tertiary/aromatic N) is 1. The number of aryl methyl sites for hydroxylation is 1. The maximum absolute atomic E-state index is 13.3. The Balaban J connectivity index is 1.96. The predicted molar refractivity (Wildman–Crippen MR) is 91.1 cm³/mol. The molecule has 21 heavy (non-hydrogen) atoms. The van der Waals surface area contributed by atoms with Crippen LogP contribution in [0, 0.1) is 12.7 Å². The van der Waals surface area contributed by atoms with E-state index in [-0.39, 0.29) is 11.7 Å². The monoisotopic (exact) mass is 335 g/mol. The Labute approximate surface area is 135 Å². The predicted octanol–water partition coefficient (Wildman–Crippen LogP) is 4.60. The number of anilines is 1. The van der Waals surface area contributed by atoms with Gasteiger partial charge >= 0.3 is 0 Å². The van der Waals surface area contributed by atoms with E-state index in [1.807, 2.05) is 24.4 Å². The fourth-order valence-corrected chi connectivity index (χ4v) is 4.17. The van der Waals surface area contributed by atoms with Gasteiger partial charge in [-0.25, -0.2) is 4.39 Å². The minimum absolute atomic E-state index is 0.205. The Morgan fingerprint density at radius 1 is 1.33 bits per heavy atom. The first kappa shape index (κ1) is 14.4. The van der Waals surface area contributed by atoms with E-state index in [2.05, 4.69) is 0 Å². The van der Waals surface area contributed by atoms with E-state index in [1.165, 1.54) is 28.8 Å². The van der Waals surface area contributed by atoms with Crippen molar-refractivity contribution in [3.63, 3.8) is 0 Å². The second kappa shape index (κ2) is 5.71. The van der Waals surface area contributed by atoms with Gasteiger partial charge in [-0.05, 0) is 48.2 Å². The Bertz CT molecular complexity index is 766. The molecule has 1 saturated heterocycles. The first-order valence-corrected chi connectivity index (χ1v) is 8.24. The summed E-state index contributed by atoms with van der Waals surface area (Å²) in [6.07, 6.45) is 1.85. The summed E-state index contributed by atoms with van der Waals surface area (Å²) in [5.74, 6) is -0.594. The molecule has 0 N–H and O–H groups in total. The molecule has 106 valence electrons. The number of thioether (sulfide) groups is 1. The number of hydrogen-bond acceptors (Lipinski definition) is 4. The number of benzene rings is 1. The lowest BCUT2D eigenvalue weighted by Crippen LogP contribution is -2.27. The zero-order valence-electron chi connectivity index (χ0n) is 11.0. The molecule has 1 aliphatic rings. The first-order valence-electron chi connectivity index (χ1n) is 6.14. The number of thiophene rings is 1. The Morgan fingerprint density at radius 3 is 2.81 bits per heavy atom. The first-order chi connectivity index (χ1) is 10.1. The summed E-state index contributed by atoms with van der Waals surface area (Å²) in [7, 11) is 0. The average Bonchev–Trinajstić information content (AvgIpc) is 2.95. The summed E-state index contributed by atoms with van der Waals surface area (Å²) in [4.78, 5) is 15.5. The van der Waals surface area contributed by atoms with Crippen LogP contribution in [0.25, 0.3) is 6.08 Å². The van der Waals surface area contributed by atoms with E-state index in [0.29, 0.717) is 14.9 Å². The van der Waals surface area contributed by atoms with Gasteiger partial charge < -0.3 is 0 Å². The summed E-state index contributed by atoms with van der Waals surface area (Å²) in [5.41, 5.74) is 1.58. The van der Waals surface area contributed by atoms with E-state index in [1.54, 1.807) is 23.5 Å². The highest BCUT2D eigenvalue weighted by Gasteiger charge is 2.33. The summed E-state index contributed by atoms with van der Waals surface area (Å²) >= 11 is 8.07. The van der Waals surface area contributed by atoms with Crippen LogP contribution in [-0.4, -0.2) is 10.2 Å². The molecule has 0 spiro atoms. The molecule has 2 aromatic rings. The van der Waals surface area contributed by atoms with Crippen LogP contribution in [0.2, 0.25) is 0 Å². The molecule has 2 heterocycles. The van der Waals surface area contributed by atoms with Gasteiger partial charge in [0.05, 0.1) is 10.6 Å². The van der Waals surface area contributed by atoms with Crippen LogP contribution in [0.4, 0.5) is 10.1 Å². The van der Waals surface area contributed by atoms with Crippen LogP contribution in [-0.2, 0) is 4.79 Å². The van der Waals surface area contributed by atoms with Crippen LogP contribution >= 0.6 is 35.3 Å². The summed E-state index contributed by atoms with van der Waals surface area (Å²) in [5, 5.41) is 1.98. The number of hydrogen-bond donors (Lipinski definition) is 0. The van der Waals surface area contributed by atoms with E-state index in [4.69, 9.17) is 12.2 Å². The van der Waals surface area contributed by atoms with Crippen molar-refractivity contribution in [1.82, 2.24) is 0 Å². The maximum Gasteiger partial charge on any atom is 0.270 e. The highest BCUT2D eigenvalue weighted by molar-refractivity contribution is 8.27. The Hall–Kier alpha value is -1.50. The molecule has 6 heteroatoms. The molecule has 1 aliphatic heterocycles. The summed E-state index contributed by atoms with van der Waals surface area (Å²) < 4.78 is 13.8. The van der Waals surface area contributed by atoms with Gasteiger partial charge in [-0.3, -0.25) is 9.69 Å². The van der Waals surface area contributed by atoms with E-state index in [0.717, 1.165) is 10.4 Å². The summed E-state index contributed by atoms with van der Waals surface area (Å²) in [6.45, 7) is 2.00. The van der Waals surface area contributed by atoms with Gasteiger partial charge in [-0.2, -0.15) is 0 Å². The van der Waals surface area contributed by atoms with Crippen LogP contribution < -0.4 is 4.90 Å². The van der Waals surface area contributed by atoms with Crippen LogP contribution in [0.15, 0.2) is 40.6 Å². The zero-order valence-corrected chi connectivity index (χ0v) is 13.4. The molecular formula is C15H10FNOS3. The van der Waals surface area contributed by atoms with Crippen molar-refractivity contribution < 1.29 is 9.18 Å². The van der Waals surface area contributed by atoms with Crippen molar-refractivity contribution in [3.8, 4) is 0 Å². The third-order valence-electron chi connectivity index (χ3n) is 3.02. The fourth-order valence-electron chi connectivity index (χ4n) is 1.96. The highest BCUT2D eigenvalue weighted by atomic mass is 32.2. The van der Waals surface area contributed by atoms with Crippen molar-refractivity contribution in [2.75, 3.05) is 4.90 Å². The number of amides is 1. The number of carbonyl (C=O) groups excluding carboxylic acids is 1. The second-order valence-corrected chi connectivity index (χ2v) is 7.09. The molecule has 0 unspecified atom stereocenters. The quantitative estimate of drug-likeness (QED) is 0.591. The van der Waals surface area contributed by atoms with Crippen molar-refractivity contribution in [2.45, 2.75) is 6.92 Å². The number of thiocarbonyl (C=S) groups is 1. The van der Waals surface area contributed by atoms with Crippen LogP contribution in [0.5, 0.6) is 0 Å². The molecule has 1 fully saturated rings. The Morgan fingerprint density at radius 2 is 2.14 bits per heavy atom. The van der Waals surface area contributed by atoms with E-state index >= 15 is 0 Å². The largest absolute Gasteiger partial charge is 0.270 e. The smallest absolute Gasteiger partial charge is 0.268 e. The molecule has 0 atom stereocenters. The van der Waals surface area contributed by atoms with Gasteiger partial charge in [0.2, 0.25) is 0 Å².